The SMILES string of the molecule is Cc1cc(NC(=O)C(=O)O)c2ccccc2n1. The summed E-state index contributed by atoms with van der Waals surface area (Å²) >= 11 is 0. The number of anilines is 1. The molecule has 0 unspecified atom stereocenters. The Morgan fingerprint density at radius 2 is 2.00 bits per heavy atom. The quantitative estimate of drug-likeness (QED) is 0.729. The van der Waals surface area contributed by atoms with E-state index in [1.807, 2.05) is 6.07 Å². The third-order valence-electron chi connectivity index (χ3n) is 2.29. The first-order valence-corrected chi connectivity index (χ1v) is 4.98. The highest BCUT2D eigenvalue weighted by Crippen LogP contribution is 2.22. The number of rotatable bonds is 1. The Hall–Kier alpha value is -2.43. The van der Waals surface area contributed by atoms with E-state index < -0.39 is 11.9 Å². The summed E-state index contributed by atoms with van der Waals surface area (Å²) in [6.07, 6.45) is 0. The molecule has 17 heavy (non-hydrogen) atoms. The van der Waals surface area contributed by atoms with Gasteiger partial charge in [-0.15, -0.1) is 0 Å². The molecule has 0 atom stereocenters. The van der Waals surface area contributed by atoms with Gasteiger partial charge in [0.2, 0.25) is 0 Å². The van der Waals surface area contributed by atoms with E-state index in [-0.39, 0.29) is 0 Å². The van der Waals surface area contributed by atoms with Crippen molar-refractivity contribution in [3.05, 3.63) is 36.0 Å². The molecule has 0 aliphatic rings. The number of aliphatic carboxylic acids is 1. The van der Waals surface area contributed by atoms with Gasteiger partial charge < -0.3 is 10.4 Å². The Morgan fingerprint density at radius 3 is 2.71 bits per heavy atom. The molecule has 0 saturated heterocycles. The minimum atomic E-state index is -1.51. The molecule has 2 aromatic rings. The Bertz CT molecular complexity index is 608. The molecule has 1 aromatic carbocycles. The second-order valence-electron chi connectivity index (χ2n) is 3.59. The zero-order valence-electron chi connectivity index (χ0n) is 9.10. The summed E-state index contributed by atoms with van der Waals surface area (Å²) in [7, 11) is 0. The van der Waals surface area contributed by atoms with Gasteiger partial charge in [0.05, 0.1) is 11.2 Å². The maximum Gasteiger partial charge on any atom is 0.394 e. The number of hydrogen-bond acceptors (Lipinski definition) is 3. The van der Waals surface area contributed by atoms with Crippen LogP contribution in [0.1, 0.15) is 5.69 Å². The zero-order valence-corrected chi connectivity index (χ0v) is 9.10. The van der Waals surface area contributed by atoms with Crippen LogP contribution in [0.5, 0.6) is 0 Å². The van der Waals surface area contributed by atoms with Crippen LogP contribution in [0.15, 0.2) is 30.3 Å². The van der Waals surface area contributed by atoms with Gasteiger partial charge in [0.1, 0.15) is 0 Å². The van der Waals surface area contributed by atoms with Crippen molar-refractivity contribution in [1.29, 1.82) is 0 Å². The third kappa shape index (κ3) is 2.23. The number of carboxylic acids is 1. The molecule has 1 heterocycles. The molecule has 0 aliphatic heterocycles. The lowest BCUT2D eigenvalue weighted by atomic mass is 10.1. The first kappa shape index (κ1) is 11.1. The van der Waals surface area contributed by atoms with Crippen LogP contribution in [-0.4, -0.2) is 22.0 Å². The number of para-hydroxylation sites is 1. The van der Waals surface area contributed by atoms with Crippen LogP contribution in [0.2, 0.25) is 0 Å². The highest BCUT2D eigenvalue weighted by Gasteiger charge is 2.13. The van der Waals surface area contributed by atoms with Gasteiger partial charge in [-0.2, -0.15) is 0 Å². The fraction of sp³-hybridized carbons (Fsp3) is 0.0833. The predicted octanol–water partition coefficient (Wildman–Crippen LogP) is 1.57. The minimum absolute atomic E-state index is 0.459. The summed E-state index contributed by atoms with van der Waals surface area (Å²) in [4.78, 5) is 25.9. The molecular formula is C12H10N2O3. The number of carboxylic acid groups (broad SMARTS) is 1. The molecule has 0 bridgehead atoms. The third-order valence-corrected chi connectivity index (χ3v) is 2.29. The van der Waals surface area contributed by atoms with Gasteiger partial charge in [0.25, 0.3) is 0 Å². The van der Waals surface area contributed by atoms with Gasteiger partial charge >= 0.3 is 11.9 Å². The number of carbonyl (C=O) groups is 2. The zero-order chi connectivity index (χ0) is 12.4. The fourth-order valence-electron chi connectivity index (χ4n) is 1.59. The average Bonchev–Trinajstić information content (AvgIpc) is 2.28. The highest BCUT2D eigenvalue weighted by atomic mass is 16.4. The molecule has 5 nitrogen and oxygen atoms in total. The molecular weight excluding hydrogens is 220 g/mol. The van der Waals surface area contributed by atoms with Crippen molar-refractivity contribution in [1.82, 2.24) is 4.98 Å². The van der Waals surface area contributed by atoms with Crippen molar-refractivity contribution in [3.8, 4) is 0 Å². The van der Waals surface area contributed by atoms with Gasteiger partial charge in [-0.1, -0.05) is 18.2 Å². The number of nitrogens with zero attached hydrogens (tertiary/aromatic N) is 1. The Kier molecular flexibility index (Phi) is 2.74. The molecule has 2 N–H and O–H groups in total. The number of pyridine rings is 1. The van der Waals surface area contributed by atoms with Crippen LogP contribution in [0, 0.1) is 6.92 Å². The molecule has 0 aliphatic carbocycles. The van der Waals surface area contributed by atoms with Crippen LogP contribution in [0.25, 0.3) is 10.9 Å². The number of carbonyl (C=O) groups excluding carboxylic acids is 1. The summed E-state index contributed by atoms with van der Waals surface area (Å²) in [5.41, 5.74) is 1.89. The Labute approximate surface area is 97.1 Å². The molecule has 0 fully saturated rings. The number of aromatic nitrogens is 1. The van der Waals surface area contributed by atoms with E-state index >= 15 is 0 Å². The normalized spacial score (nSPS) is 10.2. The second kappa shape index (κ2) is 4.21. The van der Waals surface area contributed by atoms with E-state index in [9.17, 15) is 9.59 Å². The summed E-state index contributed by atoms with van der Waals surface area (Å²) in [6, 6.07) is 8.86. The van der Waals surface area contributed by atoms with Gasteiger partial charge in [-0.3, -0.25) is 9.78 Å². The van der Waals surface area contributed by atoms with E-state index in [4.69, 9.17) is 5.11 Å². The van der Waals surface area contributed by atoms with Crippen molar-refractivity contribution >= 4 is 28.5 Å². The molecule has 0 radical (unpaired) electrons. The van der Waals surface area contributed by atoms with Gasteiger partial charge in [0.15, 0.2) is 0 Å². The Balaban J connectivity index is 2.52. The minimum Gasteiger partial charge on any atom is -0.474 e. The van der Waals surface area contributed by atoms with Crippen LogP contribution in [0.3, 0.4) is 0 Å². The van der Waals surface area contributed by atoms with E-state index in [0.29, 0.717) is 22.3 Å². The van der Waals surface area contributed by atoms with E-state index in [2.05, 4.69) is 10.3 Å². The summed E-state index contributed by atoms with van der Waals surface area (Å²) in [6.45, 7) is 1.78. The molecule has 1 aromatic heterocycles. The lowest BCUT2D eigenvalue weighted by Crippen LogP contribution is -2.22. The number of aryl methyl sites for hydroxylation is 1. The monoisotopic (exact) mass is 230 g/mol. The first-order chi connectivity index (χ1) is 8.08. The van der Waals surface area contributed by atoms with Crippen molar-refractivity contribution in [2.75, 3.05) is 5.32 Å². The highest BCUT2D eigenvalue weighted by molar-refractivity contribution is 6.37. The van der Waals surface area contributed by atoms with Crippen molar-refractivity contribution in [2.24, 2.45) is 0 Å². The smallest absolute Gasteiger partial charge is 0.394 e. The summed E-state index contributed by atoms with van der Waals surface area (Å²) < 4.78 is 0. The Morgan fingerprint density at radius 1 is 1.29 bits per heavy atom. The van der Waals surface area contributed by atoms with Crippen LogP contribution < -0.4 is 5.32 Å². The molecule has 1 amide bonds. The topological polar surface area (TPSA) is 79.3 Å². The number of amides is 1. The maximum absolute atomic E-state index is 11.1. The number of fused-ring (bicyclic) bond motifs is 1. The van der Waals surface area contributed by atoms with Gasteiger partial charge in [0, 0.05) is 11.1 Å². The number of benzene rings is 1. The van der Waals surface area contributed by atoms with E-state index in [1.54, 1.807) is 31.2 Å². The molecule has 5 heteroatoms. The summed E-state index contributed by atoms with van der Waals surface area (Å²) in [5, 5.41) is 11.6. The van der Waals surface area contributed by atoms with Gasteiger partial charge in [-0.25, -0.2) is 4.79 Å². The van der Waals surface area contributed by atoms with E-state index in [1.165, 1.54) is 0 Å². The number of hydrogen-bond donors (Lipinski definition) is 2. The first-order valence-electron chi connectivity index (χ1n) is 4.98. The molecule has 0 spiro atoms. The van der Waals surface area contributed by atoms with Crippen LogP contribution >= 0.6 is 0 Å². The molecule has 86 valence electrons. The second-order valence-corrected chi connectivity index (χ2v) is 3.59. The lowest BCUT2D eigenvalue weighted by Gasteiger charge is -2.07. The van der Waals surface area contributed by atoms with Crippen molar-refractivity contribution < 1.29 is 14.7 Å². The molecule has 0 saturated carbocycles. The standard InChI is InChI=1S/C12H10N2O3/c1-7-6-10(14-11(15)12(16)17)8-4-2-3-5-9(8)13-7/h2-6H,1H3,(H,16,17)(H,13,14,15). The van der Waals surface area contributed by atoms with Crippen molar-refractivity contribution in [3.63, 3.8) is 0 Å². The fourth-order valence-corrected chi connectivity index (χ4v) is 1.59. The largest absolute Gasteiger partial charge is 0.474 e. The average molecular weight is 230 g/mol. The van der Waals surface area contributed by atoms with Crippen molar-refractivity contribution in [2.45, 2.75) is 6.92 Å². The lowest BCUT2D eigenvalue weighted by molar-refractivity contribution is -0.147. The van der Waals surface area contributed by atoms with E-state index in [0.717, 1.165) is 0 Å². The van der Waals surface area contributed by atoms with Crippen LogP contribution in [0.4, 0.5) is 5.69 Å². The van der Waals surface area contributed by atoms with Gasteiger partial charge in [-0.05, 0) is 19.1 Å². The van der Waals surface area contributed by atoms with Crippen LogP contribution in [-0.2, 0) is 9.59 Å². The summed E-state index contributed by atoms with van der Waals surface area (Å²) in [5.74, 6) is -2.57. The predicted molar refractivity (Wildman–Crippen MR) is 62.7 cm³/mol. The maximum atomic E-state index is 11.1. The number of nitrogens with one attached hydrogen (secondary N) is 1. The molecule has 2 rings (SSSR count).